The van der Waals surface area contributed by atoms with E-state index in [1.165, 1.54) is 52.0 Å². The first-order valence-electron chi connectivity index (χ1n) is 8.97. The van der Waals surface area contributed by atoms with Crippen molar-refractivity contribution in [1.29, 1.82) is 0 Å². The molecule has 0 aliphatic heterocycles. The number of hydrogen-bond acceptors (Lipinski definition) is 3. The van der Waals surface area contributed by atoms with Crippen LogP contribution in [0.3, 0.4) is 0 Å². The first-order chi connectivity index (χ1) is 11.2. The smallest absolute Gasteiger partial charge is 0.407 e. The highest BCUT2D eigenvalue weighted by molar-refractivity contribution is 5.79. The molecule has 0 saturated heterocycles. The van der Waals surface area contributed by atoms with Gasteiger partial charge in [-0.05, 0) is 25.7 Å². The van der Waals surface area contributed by atoms with E-state index in [0.29, 0.717) is 6.54 Å². The fourth-order valence-electron chi connectivity index (χ4n) is 2.18. The molecule has 0 bridgehead atoms. The molecule has 0 atom stereocenters. The molecule has 5 nitrogen and oxygen atoms in total. The van der Waals surface area contributed by atoms with Crippen LogP contribution >= 0.6 is 0 Å². The maximum absolute atomic E-state index is 11.2. The molecule has 2 N–H and O–H groups in total. The predicted molar refractivity (Wildman–Crippen MR) is 94.4 cm³/mol. The number of ether oxygens (including phenoxy) is 1. The molecule has 0 radical (unpaired) electrons. The highest BCUT2D eigenvalue weighted by atomic mass is 16.6. The van der Waals surface area contributed by atoms with Gasteiger partial charge in [0, 0.05) is 13.6 Å². The van der Waals surface area contributed by atoms with Gasteiger partial charge in [0.15, 0.2) is 6.61 Å². The Bertz CT molecular complexity index is 330. The van der Waals surface area contributed by atoms with Crippen molar-refractivity contribution in [3.63, 3.8) is 0 Å². The first kappa shape index (κ1) is 21.5. The highest BCUT2D eigenvalue weighted by Crippen LogP contribution is 2.09. The molecule has 23 heavy (non-hydrogen) atoms. The average Bonchev–Trinajstić information content (AvgIpc) is 2.56. The van der Waals surface area contributed by atoms with Crippen molar-refractivity contribution in [1.82, 2.24) is 10.6 Å². The molecule has 0 aromatic rings. The first-order valence-corrected chi connectivity index (χ1v) is 8.97. The molecule has 0 fully saturated rings. The molecule has 2 amide bonds. The van der Waals surface area contributed by atoms with Gasteiger partial charge < -0.3 is 15.4 Å². The van der Waals surface area contributed by atoms with E-state index in [9.17, 15) is 9.59 Å². The summed E-state index contributed by atoms with van der Waals surface area (Å²) in [4.78, 5) is 22.1. The minimum Gasteiger partial charge on any atom is -0.439 e. The standard InChI is InChI=1S/C18H34N2O3/c1-3-4-5-6-7-8-9-10-11-12-13-14-15-20-18(22)23-16-17(21)19-2/h4-5H,3,6-16H2,1-2H3,(H,19,21)(H,20,22)/b5-4-. The van der Waals surface area contributed by atoms with Crippen LogP contribution in [0.2, 0.25) is 0 Å². The van der Waals surface area contributed by atoms with Crippen molar-refractivity contribution in [3.8, 4) is 0 Å². The zero-order valence-corrected chi connectivity index (χ0v) is 14.9. The summed E-state index contributed by atoms with van der Waals surface area (Å²) in [6, 6.07) is 0. The van der Waals surface area contributed by atoms with Gasteiger partial charge in [0.2, 0.25) is 0 Å². The second-order valence-electron chi connectivity index (χ2n) is 5.67. The lowest BCUT2D eigenvalue weighted by atomic mass is 10.1. The summed E-state index contributed by atoms with van der Waals surface area (Å²) in [7, 11) is 1.51. The molecule has 0 aliphatic carbocycles. The SMILES string of the molecule is CC/C=C\CCCCCCCCCCNC(=O)OCC(=O)NC. The maximum atomic E-state index is 11.2. The summed E-state index contributed by atoms with van der Waals surface area (Å²) in [5, 5.41) is 5.04. The van der Waals surface area contributed by atoms with E-state index < -0.39 is 6.09 Å². The molecule has 0 rings (SSSR count). The van der Waals surface area contributed by atoms with Gasteiger partial charge in [-0.3, -0.25) is 4.79 Å². The van der Waals surface area contributed by atoms with E-state index in [1.54, 1.807) is 0 Å². The molecule has 0 heterocycles. The number of alkyl carbamates (subject to hydrolysis) is 1. The zero-order valence-electron chi connectivity index (χ0n) is 14.9. The van der Waals surface area contributed by atoms with Gasteiger partial charge in [-0.1, -0.05) is 57.6 Å². The fourth-order valence-corrected chi connectivity index (χ4v) is 2.18. The highest BCUT2D eigenvalue weighted by Gasteiger charge is 2.04. The third-order valence-corrected chi connectivity index (χ3v) is 3.58. The van der Waals surface area contributed by atoms with E-state index in [-0.39, 0.29) is 12.5 Å². The number of allylic oxidation sites excluding steroid dienone is 2. The van der Waals surface area contributed by atoms with E-state index in [2.05, 4.69) is 29.7 Å². The number of rotatable bonds is 14. The van der Waals surface area contributed by atoms with Crippen molar-refractivity contribution in [2.75, 3.05) is 20.2 Å². The summed E-state index contributed by atoms with van der Waals surface area (Å²) < 4.78 is 4.73. The Kier molecular flexibility index (Phi) is 15.7. The Labute approximate surface area is 141 Å². The van der Waals surface area contributed by atoms with Gasteiger partial charge in [-0.25, -0.2) is 4.79 Å². The van der Waals surface area contributed by atoms with E-state index >= 15 is 0 Å². The third-order valence-electron chi connectivity index (χ3n) is 3.58. The number of hydrogen-bond donors (Lipinski definition) is 2. The van der Waals surface area contributed by atoms with Crippen molar-refractivity contribution < 1.29 is 14.3 Å². The van der Waals surface area contributed by atoms with Crippen LogP contribution in [0.15, 0.2) is 12.2 Å². The molecular formula is C18H34N2O3. The van der Waals surface area contributed by atoms with Crippen molar-refractivity contribution in [2.24, 2.45) is 0 Å². The Hall–Kier alpha value is -1.52. The van der Waals surface area contributed by atoms with Crippen LogP contribution in [0.25, 0.3) is 0 Å². The van der Waals surface area contributed by atoms with Crippen molar-refractivity contribution in [3.05, 3.63) is 12.2 Å². The number of likely N-dealkylation sites (N-methyl/N-ethyl adjacent to an activating group) is 1. The second-order valence-corrected chi connectivity index (χ2v) is 5.67. The monoisotopic (exact) mass is 326 g/mol. The predicted octanol–water partition coefficient (Wildman–Crippen LogP) is 3.94. The Balaban J connectivity index is 3.20. The van der Waals surface area contributed by atoms with Crippen LogP contribution in [0, 0.1) is 0 Å². The van der Waals surface area contributed by atoms with Crippen LogP contribution in [-0.4, -0.2) is 32.2 Å². The summed E-state index contributed by atoms with van der Waals surface area (Å²) in [5.74, 6) is -0.304. The molecule has 0 unspecified atom stereocenters. The van der Waals surface area contributed by atoms with E-state index in [1.807, 2.05) is 0 Å². The minimum atomic E-state index is -0.522. The molecule has 0 spiro atoms. The normalized spacial score (nSPS) is 10.7. The third kappa shape index (κ3) is 16.7. The van der Waals surface area contributed by atoms with Gasteiger partial charge in [0.25, 0.3) is 5.91 Å². The van der Waals surface area contributed by atoms with Gasteiger partial charge >= 0.3 is 6.09 Å². The minimum absolute atomic E-state index is 0.226. The largest absolute Gasteiger partial charge is 0.439 e. The number of unbranched alkanes of at least 4 members (excludes halogenated alkanes) is 8. The topological polar surface area (TPSA) is 67.4 Å². The lowest BCUT2D eigenvalue weighted by Crippen LogP contribution is -2.30. The molecule has 134 valence electrons. The van der Waals surface area contributed by atoms with Crippen LogP contribution in [-0.2, 0) is 9.53 Å². The van der Waals surface area contributed by atoms with Crippen LogP contribution in [0.5, 0.6) is 0 Å². The quantitative estimate of drug-likeness (QED) is 0.375. The van der Waals surface area contributed by atoms with Crippen LogP contribution in [0.4, 0.5) is 4.79 Å². The molecule has 0 aliphatic rings. The summed E-state index contributed by atoms with van der Waals surface area (Å²) >= 11 is 0. The van der Waals surface area contributed by atoms with Gasteiger partial charge in [0.05, 0.1) is 0 Å². The molecule has 0 aromatic carbocycles. The Morgan fingerprint density at radius 3 is 2.13 bits per heavy atom. The van der Waals surface area contributed by atoms with Crippen molar-refractivity contribution >= 4 is 12.0 Å². The molecule has 0 aromatic heterocycles. The summed E-state index contributed by atoms with van der Waals surface area (Å²) in [6.45, 7) is 2.55. The summed E-state index contributed by atoms with van der Waals surface area (Å²) in [5.41, 5.74) is 0. The fraction of sp³-hybridized carbons (Fsp3) is 0.778. The lowest BCUT2D eigenvalue weighted by molar-refractivity contribution is -0.123. The van der Waals surface area contributed by atoms with Crippen LogP contribution in [0.1, 0.15) is 71.1 Å². The molecule has 5 heteroatoms. The van der Waals surface area contributed by atoms with Crippen LogP contribution < -0.4 is 10.6 Å². The summed E-state index contributed by atoms with van der Waals surface area (Å²) in [6.07, 6.45) is 16.2. The number of amides is 2. The van der Waals surface area contributed by atoms with Gasteiger partial charge in [0.1, 0.15) is 0 Å². The van der Waals surface area contributed by atoms with E-state index in [0.717, 1.165) is 19.3 Å². The Morgan fingerprint density at radius 1 is 0.913 bits per heavy atom. The molecule has 0 saturated carbocycles. The van der Waals surface area contributed by atoms with Gasteiger partial charge in [-0.15, -0.1) is 0 Å². The number of nitrogens with one attached hydrogen (secondary N) is 2. The van der Waals surface area contributed by atoms with Gasteiger partial charge in [-0.2, -0.15) is 0 Å². The molecular weight excluding hydrogens is 292 g/mol. The Morgan fingerprint density at radius 2 is 1.52 bits per heavy atom. The number of carbonyl (C=O) groups is 2. The second kappa shape index (κ2) is 16.8. The zero-order chi connectivity index (χ0) is 17.2. The van der Waals surface area contributed by atoms with E-state index in [4.69, 9.17) is 4.74 Å². The maximum Gasteiger partial charge on any atom is 0.407 e. The average molecular weight is 326 g/mol. The number of carbonyl (C=O) groups excluding carboxylic acids is 2. The van der Waals surface area contributed by atoms with Crippen molar-refractivity contribution in [2.45, 2.75) is 71.1 Å². The lowest BCUT2D eigenvalue weighted by Gasteiger charge is -2.06.